The fourth-order valence-corrected chi connectivity index (χ4v) is 2.83. The highest BCUT2D eigenvalue weighted by molar-refractivity contribution is 9.10. The first-order valence-corrected chi connectivity index (χ1v) is 6.69. The molecule has 1 heterocycles. The number of hydrogen-bond acceptors (Lipinski definition) is 2. The average Bonchev–Trinajstić information content (AvgIpc) is 2.82. The lowest BCUT2D eigenvalue weighted by atomic mass is 10.1. The van der Waals surface area contributed by atoms with E-state index in [0.717, 1.165) is 35.0 Å². The molecule has 0 radical (unpaired) electrons. The highest BCUT2D eigenvalue weighted by atomic mass is 79.9. The SMILES string of the molecule is O=Cc1cc(Br)ccc1N1CCc2ccccc21. The number of nitrogens with zero attached hydrogens (tertiary/aromatic N) is 1. The summed E-state index contributed by atoms with van der Waals surface area (Å²) in [5.74, 6) is 0. The molecule has 0 fully saturated rings. The Morgan fingerprint density at radius 2 is 1.94 bits per heavy atom. The zero-order valence-electron chi connectivity index (χ0n) is 9.77. The summed E-state index contributed by atoms with van der Waals surface area (Å²) in [5, 5.41) is 0. The van der Waals surface area contributed by atoms with Gasteiger partial charge in [-0.25, -0.2) is 0 Å². The first kappa shape index (κ1) is 11.5. The molecule has 0 saturated heterocycles. The summed E-state index contributed by atoms with van der Waals surface area (Å²) in [6, 6.07) is 14.2. The normalized spacial score (nSPS) is 13.5. The van der Waals surface area contributed by atoms with Gasteiger partial charge >= 0.3 is 0 Å². The zero-order chi connectivity index (χ0) is 12.5. The van der Waals surface area contributed by atoms with Crippen molar-refractivity contribution >= 4 is 33.6 Å². The predicted octanol–water partition coefficient (Wildman–Crippen LogP) is 3.96. The van der Waals surface area contributed by atoms with Crippen LogP contribution in [0.15, 0.2) is 46.9 Å². The summed E-state index contributed by atoms with van der Waals surface area (Å²) in [6.07, 6.45) is 1.95. The Morgan fingerprint density at radius 1 is 1.11 bits per heavy atom. The number of fused-ring (bicyclic) bond motifs is 1. The molecule has 0 N–H and O–H groups in total. The Labute approximate surface area is 114 Å². The standard InChI is InChI=1S/C15H12BrNO/c16-13-5-6-15(12(9-13)10-18)17-8-7-11-3-1-2-4-14(11)17/h1-6,9-10H,7-8H2. The Hall–Kier alpha value is -1.61. The molecule has 0 amide bonds. The van der Waals surface area contributed by atoms with E-state index in [9.17, 15) is 4.79 Å². The van der Waals surface area contributed by atoms with Gasteiger partial charge in [-0.2, -0.15) is 0 Å². The number of hydrogen-bond donors (Lipinski definition) is 0. The Balaban J connectivity index is 2.10. The van der Waals surface area contributed by atoms with Gasteiger partial charge in [-0.3, -0.25) is 4.79 Å². The van der Waals surface area contributed by atoms with Gasteiger partial charge in [0.25, 0.3) is 0 Å². The number of aldehydes is 1. The van der Waals surface area contributed by atoms with Gasteiger partial charge in [0.1, 0.15) is 0 Å². The molecular formula is C15H12BrNO. The van der Waals surface area contributed by atoms with Gasteiger partial charge in [0.15, 0.2) is 6.29 Å². The minimum absolute atomic E-state index is 0.723. The van der Waals surface area contributed by atoms with Gasteiger partial charge < -0.3 is 4.90 Å². The van der Waals surface area contributed by atoms with E-state index in [2.05, 4.69) is 39.0 Å². The van der Waals surface area contributed by atoms with Gasteiger partial charge in [0.2, 0.25) is 0 Å². The van der Waals surface area contributed by atoms with E-state index in [1.807, 2.05) is 24.3 Å². The number of carbonyl (C=O) groups excluding carboxylic acids is 1. The van der Waals surface area contributed by atoms with Crippen LogP contribution in [0.3, 0.4) is 0 Å². The van der Waals surface area contributed by atoms with Crippen molar-refractivity contribution in [3.63, 3.8) is 0 Å². The quantitative estimate of drug-likeness (QED) is 0.783. The van der Waals surface area contributed by atoms with Crippen molar-refractivity contribution in [2.24, 2.45) is 0 Å². The molecule has 90 valence electrons. The third-order valence-corrected chi connectivity index (χ3v) is 3.79. The number of anilines is 2. The van der Waals surface area contributed by atoms with Crippen molar-refractivity contribution in [2.45, 2.75) is 6.42 Å². The molecule has 0 spiro atoms. The number of carbonyl (C=O) groups is 1. The third-order valence-electron chi connectivity index (χ3n) is 3.29. The smallest absolute Gasteiger partial charge is 0.152 e. The first-order chi connectivity index (χ1) is 8.79. The molecular weight excluding hydrogens is 290 g/mol. The van der Waals surface area contributed by atoms with Crippen molar-refractivity contribution in [1.82, 2.24) is 0 Å². The van der Waals surface area contributed by atoms with Crippen LogP contribution in [0.5, 0.6) is 0 Å². The summed E-state index contributed by atoms with van der Waals surface area (Å²) in [6.45, 7) is 0.932. The van der Waals surface area contributed by atoms with Gasteiger partial charge in [-0.15, -0.1) is 0 Å². The number of para-hydroxylation sites is 1. The molecule has 0 bridgehead atoms. The summed E-state index contributed by atoms with van der Waals surface area (Å²) in [5.41, 5.74) is 4.26. The molecule has 1 aliphatic rings. The molecule has 0 unspecified atom stereocenters. The van der Waals surface area contributed by atoms with Crippen LogP contribution in [0.25, 0.3) is 0 Å². The van der Waals surface area contributed by atoms with Gasteiger partial charge in [0.05, 0.1) is 5.69 Å². The second-order valence-corrected chi connectivity index (χ2v) is 5.27. The largest absolute Gasteiger partial charge is 0.340 e. The fraction of sp³-hybridized carbons (Fsp3) is 0.133. The second kappa shape index (κ2) is 4.58. The molecule has 2 nitrogen and oxygen atoms in total. The maximum absolute atomic E-state index is 11.2. The average molecular weight is 302 g/mol. The van der Waals surface area contributed by atoms with E-state index < -0.39 is 0 Å². The van der Waals surface area contributed by atoms with Crippen molar-refractivity contribution in [2.75, 3.05) is 11.4 Å². The molecule has 0 saturated carbocycles. The highest BCUT2D eigenvalue weighted by Gasteiger charge is 2.21. The minimum atomic E-state index is 0.723. The Bertz CT molecular complexity index is 609. The molecule has 1 aliphatic heterocycles. The van der Waals surface area contributed by atoms with E-state index in [4.69, 9.17) is 0 Å². The third kappa shape index (κ3) is 1.85. The molecule has 0 aliphatic carbocycles. The van der Waals surface area contributed by atoms with Crippen LogP contribution in [0.2, 0.25) is 0 Å². The Morgan fingerprint density at radius 3 is 2.78 bits per heavy atom. The lowest BCUT2D eigenvalue weighted by Gasteiger charge is -2.21. The molecule has 18 heavy (non-hydrogen) atoms. The van der Waals surface area contributed by atoms with Crippen LogP contribution in [0.4, 0.5) is 11.4 Å². The van der Waals surface area contributed by atoms with Crippen molar-refractivity contribution in [1.29, 1.82) is 0 Å². The van der Waals surface area contributed by atoms with Crippen LogP contribution < -0.4 is 4.90 Å². The lowest BCUT2D eigenvalue weighted by Crippen LogP contribution is -2.15. The zero-order valence-corrected chi connectivity index (χ0v) is 11.4. The van der Waals surface area contributed by atoms with E-state index in [-0.39, 0.29) is 0 Å². The number of halogens is 1. The summed E-state index contributed by atoms with van der Waals surface area (Å²) >= 11 is 3.40. The number of rotatable bonds is 2. The minimum Gasteiger partial charge on any atom is -0.340 e. The second-order valence-electron chi connectivity index (χ2n) is 4.35. The topological polar surface area (TPSA) is 20.3 Å². The maximum atomic E-state index is 11.2. The molecule has 2 aromatic carbocycles. The molecule has 0 atom stereocenters. The van der Waals surface area contributed by atoms with Crippen LogP contribution >= 0.6 is 15.9 Å². The number of benzene rings is 2. The van der Waals surface area contributed by atoms with E-state index in [0.29, 0.717) is 0 Å². The van der Waals surface area contributed by atoms with Gasteiger partial charge in [-0.05, 0) is 36.2 Å². The summed E-state index contributed by atoms with van der Waals surface area (Å²) in [7, 11) is 0. The van der Waals surface area contributed by atoms with Crippen molar-refractivity contribution in [3.05, 3.63) is 58.1 Å². The summed E-state index contributed by atoms with van der Waals surface area (Å²) < 4.78 is 0.931. The molecule has 3 rings (SSSR count). The van der Waals surface area contributed by atoms with Crippen LogP contribution in [0, 0.1) is 0 Å². The Kier molecular flexibility index (Phi) is 2.92. The van der Waals surface area contributed by atoms with Crippen LogP contribution in [0.1, 0.15) is 15.9 Å². The van der Waals surface area contributed by atoms with E-state index in [1.165, 1.54) is 11.3 Å². The monoisotopic (exact) mass is 301 g/mol. The summed E-state index contributed by atoms with van der Waals surface area (Å²) in [4.78, 5) is 13.4. The molecule has 0 aromatic heterocycles. The van der Waals surface area contributed by atoms with E-state index in [1.54, 1.807) is 0 Å². The maximum Gasteiger partial charge on any atom is 0.152 e. The first-order valence-electron chi connectivity index (χ1n) is 5.90. The fourth-order valence-electron chi connectivity index (χ4n) is 2.45. The van der Waals surface area contributed by atoms with Crippen molar-refractivity contribution < 1.29 is 4.79 Å². The van der Waals surface area contributed by atoms with Crippen LogP contribution in [-0.4, -0.2) is 12.8 Å². The van der Waals surface area contributed by atoms with E-state index >= 15 is 0 Å². The van der Waals surface area contributed by atoms with Gasteiger partial charge in [0, 0.05) is 22.3 Å². The van der Waals surface area contributed by atoms with Crippen LogP contribution in [-0.2, 0) is 6.42 Å². The van der Waals surface area contributed by atoms with Crippen molar-refractivity contribution in [3.8, 4) is 0 Å². The molecule has 3 heteroatoms. The predicted molar refractivity (Wildman–Crippen MR) is 76.7 cm³/mol. The molecule has 2 aromatic rings. The lowest BCUT2D eigenvalue weighted by molar-refractivity contribution is 0.112. The van der Waals surface area contributed by atoms with Gasteiger partial charge in [-0.1, -0.05) is 34.1 Å². The highest BCUT2D eigenvalue weighted by Crippen LogP contribution is 2.36.